The molecule has 1 N–H and O–H groups in total. The second-order valence-corrected chi connectivity index (χ2v) is 7.72. The monoisotopic (exact) mass is 355 g/mol. The Morgan fingerprint density at radius 1 is 1.20 bits per heavy atom. The van der Waals surface area contributed by atoms with Crippen LogP contribution in [-0.2, 0) is 5.41 Å². The molecule has 1 aromatic heterocycles. The first-order chi connectivity index (χ1) is 12.1. The molecular weight excluding hydrogens is 333 g/mol. The summed E-state index contributed by atoms with van der Waals surface area (Å²) in [4.78, 5) is 7.28. The average molecular weight is 355 g/mol. The Morgan fingerprint density at radius 2 is 1.96 bits per heavy atom. The van der Waals surface area contributed by atoms with E-state index in [0.29, 0.717) is 0 Å². The van der Waals surface area contributed by atoms with Gasteiger partial charge >= 0.3 is 0 Å². The smallest absolute Gasteiger partial charge is 0.123 e. The molecule has 130 valence electrons. The van der Waals surface area contributed by atoms with Gasteiger partial charge in [0.2, 0.25) is 0 Å². The van der Waals surface area contributed by atoms with Crippen molar-refractivity contribution in [2.24, 2.45) is 0 Å². The Labute approximate surface area is 151 Å². The molecule has 0 bridgehead atoms. The molecule has 1 unspecified atom stereocenters. The van der Waals surface area contributed by atoms with Crippen molar-refractivity contribution in [3.05, 3.63) is 64.4 Å². The van der Waals surface area contributed by atoms with Gasteiger partial charge in [-0.25, -0.2) is 9.37 Å². The van der Waals surface area contributed by atoms with Crippen molar-refractivity contribution in [3.63, 3.8) is 0 Å². The lowest BCUT2D eigenvalue weighted by Gasteiger charge is -2.34. The molecule has 2 aliphatic rings. The first-order valence-electron chi connectivity index (χ1n) is 8.71. The lowest BCUT2D eigenvalue weighted by atomic mass is 9.83. The molecular formula is C20H22FN3S. The van der Waals surface area contributed by atoms with E-state index in [1.54, 1.807) is 23.5 Å². The summed E-state index contributed by atoms with van der Waals surface area (Å²) in [5, 5.41) is 6.57. The fourth-order valence-corrected chi connectivity index (χ4v) is 4.31. The quantitative estimate of drug-likeness (QED) is 0.903. The van der Waals surface area contributed by atoms with Crippen molar-refractivity contribution < 1.29 is 4.39 Å². The van der Waals surface area contributed by atoms with Gasteiger partial charge in [-0.15, -0.1) is 11.3 Å². The highest BCUT2D eigenvalue weighted by molar-refractivity contribution is 7.10. The number of allylic oxidation sites excluding steroid dienone is 3. The lowest BCUT2D eigenvalue weighted by molar-refractivity contribution is 0.303. The third-order valence-electron chi connectivity index (χ3n) is 4.97. The van der Waals surface area contributed by atoms with Crippen LogP contribution in [0.3, 0.4) is 0 Å². The zero-order valence-corrected chi connectivity index (χ0v) is 15.2. The van der Waals surface area contributed by atoms with Gasteiger partial charge in [0.1, 0.15) is 10.8 Å². The number of hydrogen-bond donors (Lipinski definition) is 1. The van der Waals surface area contributed by atoms with Crippen LogP contribution in [0.15, 0.2) is 53.6 Å². The summed E-state index contributed by atoms with van der Waals surface area (Å²) in [5.41, 5.74) is 3.14. The number of hydrogen-bond acceptors (Lipinski definition) is 4. The number of nitrogens with one attached hydrogen (secondary N) is 1. The summed E-state index contributed by atoms with van der Waals surface area (Å²) in [6.07, 6.45) is 7.83. The Hall–Kier alpha value is -1.98. The van der Waals surface area contributed by atoms with Crippen molar-refractivity contribution in [2.75, 3.05) is 26.2 Å². The zero-order chi connectivity index (χ0) is 17.3. The second kappa shape index (κ2) is 6.73. The SMILES string of the molecule is CC1(c2nc(-c3ccc(F)cc3)cs2)C=CC(N2CCNCC2)=CC1. The van der Waals surface area contributed by atoms with Gasteiger partial charge in [0, 0.05) is 48.2 Å². The van der Waals surface area contributed by atoms with Crippen LogP contribution in [0.4, 0.5) is 4.39 Å². The van der Waals surface area contributed by atoms with Gasteiger partial charge in [-0.3, -0.25) is 0 Å². The van der Waals surface area contributed by atoms with E-state index in [-0.39, 0.29) is 11.2 Å². The van der Waals surface area contributed by atoms with Crippen LogP contribution in [0, 0.1) is 5.82 Å². The normalized spacial score (nSPS) is 23.6. The topological polar surface area (TPSA) is 28.2 Å². The van der Waals surface area contributed by atoms with E-state index >= 15 is 0 Å². The summed E-state index contributed by atoms with van der Waals surface area (Å²) in [7, 11) is 0. The van der Waals surface area contributed by atoms with Gasteiger partial charge in [-0.05, 0) is 43.7 Å². The summed E-state index contributed by atoms with van der Waals surface area (Å²) < 4.78 is 13.1. The molecule has 2 aromatic rings. The van der Waals surface area contributed by atoms with Crippen LogP contribution in [0.1, 0.15) is 18.4 Å². The third kappa shape index (κ3) is 3.39. The molecule has 1 saturated heterocycles. The standard InChI is InChI=1S/C20H22FN3S/c1-20(8-6-17(7-9-20)24-12-10-22-11-13-24)19-23-18(14-25-19)15-2-4-16(21)5-3-15/h2-8,14,22H,9-13H2,1H3. The Balaban J connectivity index is 1.52. The maximum absolute atomic E-state index is 13.1. The number of benzene rings is 1. The van der Waals surface area contributed by atoms with Crippen LogP contribution >= 0.6 is 11.3 Å². The molecule has 5 heteroatoms. The molecule has 0 saturated carbocycles. The first-order valence-corrected chi connectivity index (χ1v) is 9.59. The molecule has 4 rings (SSSR count). The number of nitrogens with zero attached hydrogens (tertiary/aromatic N) is 2. The van der Waals surface area contributed by atoms with Crippen molar-refractivity contribution in [2.45, 2.75) is 18.8 Å². The molecule has 0 amide bonds. The van der Waals surface area contributed by atoms with Crippen molar-refractivity contribution >= 4 is 11.3 Å². The molecule has 25 heavy (non-hydrogen) atoms. The highest BCUT2D eigenvalue weighted by atomic mass is 32.1. The van der Waals surface area contributed by atoms with Crippen molar-refractivity contribution in [3.8, 4) is 11.3 Å². The van der Waals surface area contributed by atoms with E-state index in [9.17, 15) is 4.39 Å². The van der Waals surface area contributed by atoms with Crippen molar-refractivity contribution in [1.29, 1.82) is 0 Å². The molecule has 1 fully saturated rings. The Bertz CT molecular complexity index is 803. The number of aromatic nitrogens is 1. The van der Waals surface area contributed by atoms with E-state index in [2.05, 4.69) is 40.7 Å². The van der Waals surface area contributed by atoms with E-state index in [1.165, 1.54) is 17.8 Å². The second-order valence-electron chi connectivity index (χ2n) is 6.87. The molecule has 1 atom stereocenters. The third-order valence-corrected chi connectivity index (χ3v) is 6.09. The Kier molecular flexibility index (Phi) is 4.44. The van der Waals surface area contributed by atoms with Gasteiger partial charge in [0.25, 0.3) is 0 Å². The highest BCUT2D eigenvalue weighted by Crippen LogP contribution is 2.37. The van der Waals surface area contributed by atoms with Crippen LogP contribution in [0.2, 0.25) is 0 Å². The predicted octanol–water partition coefficient (Wildman–Crippen LogP) is 3.96. The van der Waals surface area contributed by atoms with Gasteiger partial charge in [0.05, 0.1) is 5.69 Å². The van der Waals surface area contributed by atoms with Crippen LogP contribution < -0.4 is 5.32 Å². The van der Waals surface area contributed by atoms with E-state index < -0.39 is 0 Å². The number of rotatable bonds is 3. The molecule has 1 aliphatic carbocycles. The maximum Gasteiger partial charge on any atom is 0.123 e. The Morgan fingerprint density at radius 3 is 2.64 bits per heavy atom. The minimum atomic E-state index is -0.216. The highest BCUT2D eigenvalue weighted by Gasteiger charge is 2.29. The molecule has 0 radical (unpaired) electrons. The van der Waals surface area contributed by atoms with E-state index in [1.807, 2.05) is 0 Å². The zero-order valence-electron chi connectivity index (χ0n) is 14.3. The molecule has 2 heterocycles. The van der Waals surface area contributed by atoms with Gasteiger partial charge in [0.15, 0.2) is 0 Å². The van der Waals surface area contributed by atoms with Gasteiger partial charge < -0.3 is 10.2 Å². The first kappa shape index (κ1) is 16.5. The largest absolute Gasteiger partial charge is 0.369 e. The summed E-state index contributed by atoms with van der Waals surface area (Å²) in [6, 6.07) is 6.54. The summed E-state index contributed by atoms with van der Waals surface area (Å²) in [5.74, 6) is -0.216. The van der Waals surface area contributed by atoms with Crippen LogP contribution in [-0.4, -0.2) is 36.1 Å². The van der Waals surface area contributed by atoms with Gasteiger partial charge in [-0.2, -0.15) is 0 Å². The van der Waals surface area contributed by atoms with Gasteiger partial charge in [-0.1, -0.05) is 12.2 Å². The molecule has 1 aliphatic heterocycles. The lowest BCUT2D eigenvalue weighted by Crippen LogP contribution is -2.43. The van der Waals surface area contributed by atoms with E-state index in [4.69, 9.17) is 4.98 Å². The summed E-state index contributed by atoms with van der Waals surface area (Å²) >= 11 is 1.68. The molecule has 3 nitrogen and oxygen atoms in total. The van der Waals surface area contributed by atoms with Crippen LogP contribution in [0.25, 0.3) is 11.3 Å². The molecule has 0 spiro atoms. The van der Waals surface area contributed by atoms with E-state index in [0.717, 1.165) is 48.9 Å². The number of thiazole rings is 1. The maximum atomic E-state index is 13.1. The molecule has 1 aromatic carbocycles. The minimum Gasteiger partial charge on any atom is -0.369 e. The van der Waals surface area contributed by atoms with Crippen LogP contribution in [0.5, 0.6) is 0 Å². The van der Waals surface area contributed by atoms with Crippen molar-refractivity contribution in [1.82, 2.24) is 15.2 Å². The number of piperazine rings is 1. The fourth-order valence-electron chi connectivity index (χ4n) is 3.33. The number of halogens is 1. The summed E-state index contributed by atoms with van der Waals surface area (Å²) in [6.45, 7) is 6.48. The predicted molar refractivity (Wildman–Crippen MR) is 101 cm³/mol. The minimum absolute atomic E-state index is 0.0690. The average Bonchev–Trinajstić information content (AvgIpc) is 3.15. The fraction of sp³-hybridized carbons (Fsp3) is 0.350.